The van der Waals surface area contributed by atoms with Crippen LogP contribution < -0.4 is 10.9 Å². The molecule has 4 aromatic rings. The number of aromatic amines is 1. The van der Waals surface area contributed by atoms with E-state index in [4.69, 9.17) is 0 Å². The van der Waals surface area contributed by atoms with E-state index in [0.29, 0.717) is 44.1 Å². The van der Waals surface area contributed by atoms with Crippen LogP contribution in [0.3, 0.4) is 0 Å². The molecule has 5 nitrogen and oxygen atoms in total. The summed E-state index contributed by atoms with van der Waals surface area (Å²) in [4.78, 5) is 33.2. The molecule has 0 aliphatic heterocycles. The molecule has 2 heterocycles. The number of benzene rings is 2. The predicted molar refractivity (Wildman–Crippen MR) is 129 cm³/mol. The number of alkyl halides is 2. The smallest absolute Gasteiger partial charge is 0.288 e. The third-order valence-corrected chi connectivity index (χ3v) is 7.03. The maximum atomic E-state index is 12.7. The van der Waals surface area contributed by atoms with Crippen LogP contribution in [0.25, 0.3) is 21.3 Å². The summed E-state index contributed by atoms with van der Waals surface area (Å²) in [5.74, 6) is -1.97. The van der Waals surface area contributed by atoms with Crippen LogP contribution in [0, 0.1) is 0 Å². The van der Waals surface area contributed by atoms with Crippen LogP contribution in [0.2, 0.25) is 0 Å². The van der Waals surface area contributed by atoms with Gasteiger partial charge in [-0.15, -0.1) is 23.1 Å². The van der Waals surface area contributed by atoms with E-state index in [1.54, 1.807) is 18.2 Å². The maximum Gasteiger partial charge on any atom is 0.288 e. The second-order valence-electron chi connectivity index (χ2n) is 6.62. The average Bonchev–Trinajstić information content (AvgIpc) is 3.20. The highest BCUT2D eigenvalue weighted by Crippen LogP contribution is 2.32. The minimum atomic E-state index is -2.57. The SMILES string of the molecule is O=C(CSCc1nc2scc(-c3ccccc3)c2c(=O)[nH]1)Nc1ccccc1SC(F)F. The number of thiophene rings is 1. The molecule has 4 rings (SSSR count). The number of thioether (sulfide) groups is 2. The summed E-state index contributed by atoms with van der Waals surface area (Å²) in [6, 6.07) is 16.1. The van der Waals surface area contributed by atoms with Crippen LogP contribution in [-0.4, -0.2) is 27.4 Å². The quantitative estimate of drug-likeness (QED) is 0.304. The zero-order valence-corrected chi connectivity index (χ0v) is 19.0. The minimum absolute atomic E-state index is 0.0924. The number of anilines is 1. The fraction of sp³-hybridized carbons (Fsp3) is 0.136. The lowest BCUT2D eigenvalue weighted by atomic mass is 10.1. The number of amides is 1. The molecule has 0 spiro atoms. The van der Waals surface area contributed by atoms with E-state index >= 15 is 0 Å². The largest absolute Gasteiger partial charge is 0.324 e. The number of hydrogen-bond donors (Lipinski definition) is 2. The first-order valence-electron chi connectivity index (χ1n) is 9.48. The summed E-state index contributed by atoms with van der Waals surface area (Å²) in [5, 5.41) is 5.13. The molecule has 0 aliphatic carbocycles. The van der Waals surface area contributed by atoms with Crippen molar-refractivity contribution in [2.75, 3.05) is 11.1 Å². The molecule has 10 heteroatoms. The second-order valence-corrected chi connectivity index (χ2v) is 9.50. The van der Waals surface area contributed by atoms with Gasteiger partial charge < -0.3 is 10.3 Å². The lowest BCUT2D eigenvalue weighted by Crippen LogP contribution is -2.15. The van der Waals surface area contributed by atoms with E-state index in [1.165, 1.54) is 29.2 Å². The molecule has 0 saturated carbocycles. The number of carbonyl (C=O) groups is 1. The number of aromatic nitrogens is 2. The van der Waals surface area contributed by atoms with Gasteiger partial charge in [0.05, 0.1) is 22.6 Å². The third kappa shape index (κ3) is 5.37. The van der Waals surface area contributed by atoms with Crippen LogP contribution in [0.15, 0.2) is 69.7 Å². The topological polar surface area (TPSA) is 74.8 Å². The molecule has 2 N–H and O–H groups in total. The Labute approximate surface area is 194 Å². The normalized spacial score (nSPS) is 11.2. The summed E-state index contributed by atoms with van der Waals surface area (Å²) < 4.78 is 25.4. The molecule has 32 heavy (non-hydrogen) atoms. The molecular weight excluding hydrogens is 472 g/mol. The van der Waals surface area contributed by atoms with Gasteiger partial charge in [-0.1, -0.05) is 54.2 Å². The maximum absolute atomic E-state index is 12.7. The first-order chi connectivity index (χ1) is 15.5. The Hall–Kier alpha value is -2.69. The molecule has 0 radical (unpaired) electrons. The van der Waals surface area contributed by atoms with Gasteiger partial charge in [-0.25, -0.2) is 4.98 Å². The first-order valence-corrected chi connectivity index (χ1v) is 12.4. The van der Waals surface area contributed by atoms with E-state index in [2.05, 4.69) is 15.3 Å². The monoisotopic (exact) mass is 489 g/mol. The van der Waals surface area contributed by atoms with Gasteiger partial charge in [0, 0.05) is 15.8 Å². The summed E-state index contributed by atoms with van der Waals surface area (Å²) in [7, 11) is 0. The van der Waals surface area contributed by atoms with Crippen molar-refractivity contribution in [1.82, 2.24) is 9.97 Å². The Morgan fingerprint density at radius 1 is 1.12 bits per heavy atom. The second kappa shape index (κ2) is 10.3. The molecule has 2 aromatic carbocycles. The van der Waals surface area contributed by atoms with E-state index in [1.807, 2.05) is 35.7 Å². The number of H-pyrrole nitrogens is 1. The van der Waals surface area contributed by atoms with Crippen molar-refractivity contribution < 1.29 is 13.6 Å². The summed E-state index contributed by atoms with van der Waals surface area (Å²) >= 11 is 3.07. The van der Waals surface area contributed by atoms with E-state index in [-0.39, 0.29) is 17.2 Å². The Bertz CT molecular complexity index is 1290. The summed E-state index contributed by atoms with van der Waals surface area (Å²) in [5.41, 5.74) is 1.94. The van der Waals surface area contributed by atoms with Crippen LogP contribution in [0.5, 0.6) is 0 Å². The lowest BCUT2D eigenvalue weighted by Gasteiger charge is -2.10. The van der Waals surface area contributed by atoms with Crippen LogP contribution in [0.1, 0.15) is 5.82 Å². The number of hydrogen-bond acceptors (Lipinski definition) is 6. The van der Waals surface area contributed by atoms with Gasteiger partial charge in [-0.05, 0) is 17.7 Å². The first kappa shape index (κ1) is 22.5. The third-order valence-electron chi connectivity index (χ3n) is 4.43. The summed E-state index contributed by atoms with van der Waals surface area (Å²) in [6.45, 7) is 0. The molecule has 2 aromatic heterocycles. The molecule has 164 valence electrons. The highest BCUT2D eigenvalue weighted by molar-refractivity contribution is 7.99. The fourth-order valence-electron chi connectivity index (χ4n) is 3.09. The molecule has 0 atom stereocenters. The van der Waals surface area contributed by atoms with Gasteiger partial charge in [-0.3, -0.25) is 9.59 Å². The Kier molecular flexibility index (Phi) is 7.23. The van der Waals surface area contributed by atoms with Gasteiger partial charge >= 0.3 is 0 Å². The number of nitrogens with one attached hydrogen (secondary N) is 2. The van der Waals surface area contributed by atoms with Crippen molar-refractivity contribution >= 4 is 56.7 Å². The number of halogens is 2. The van der Waals surface area contributed by atoms with Crippen molar-refractivity contribution in [2.24, 2.45) is 0 Å². The molecule has 0 fully saturated rings. The average molecular weight is 490 g/mol. The number of fused-ring (bicyclic) bond motifs is 1. The van der Waals surface area contributed by atoms with Crippen molar-refractivity contribution in [1.29, 1.82) is 0 Å². The molecular formula is C22H17F2N3O2S3. The van der Waals surface area contributed by atoms with Crippen molar-refractivity contribution in [3.8, 4) is 11.1 Å². The molecule has 0 bridgehead atoms. The van der Waals surface area contributed by atoms with Crippen molar-refractivity contribution in [3.05, 3.63) is 76.2 Å². The summed E-state index contributed by atoms with van der Waals surface area (Å²) in [6.07, 6.45) is 0. The number of rotatable bonds is 8. The zero-order valence-electron chi connectivity index (χ0n) is 16.5. The molecule has 0 unspecified atom stereocenters. The van der Waals surface area contributed by atoms with Gasteiger partial charge in [0.2, 0.25) is 5.91 Å². The van der Waals surface area contributed by atoms with Gasteiger partial charge in [-0.2, -0.15) is 8.78 Å². The highest BCUT2D eigenvalue weighted by Gasteiger charge is 2.14. The van der Waals surface area contributed by atoms with Crippen molar-refractivity contribution in [3.63, 3.8) is 0 Å². The minimum Gasteiger partial charge on any atom is -0.324 e. The Balaban J connectivity index is 1.40. The van der Waals surface area contributed by atoms with Gasteiger partial charge in [0.15, 0.2) is 0 Å². The number of nitrogens with zero attached hydrogens (tertiary/aromatic N) is 1. The molecule has 1 amide bonds. The van der Waals surface area contributed by atoms with E-state index < -0.39 is 5.76 Å². The van der Waals surface area contributed by atoms with Crippen molar-refractivity contribution in [2.45, 2.75) is 16.4 Å². The molecule has 0 aliphatic rings. The predicted octanol–water partition coefficient (Wildman–Crippen LogP) is 5.84. The Morgan fingerprint density at radius 3 is 2.66 bits per heavy atom. The van der Waals surface area contributed by atoms with Crippen LogP contribution in [0.4, 0.5) is 14.5 Å². The number of carbonyl (C=O) groups excluding carboxylic acids is 1. The van der Waals surface area contributed by atoms with Gasteiger partial charge in [0.25, 0.3) is 11.3 Å². The molecule has 0 saturated heterocycles. The fourth-order valence-corrected chi connectivity index (χ4v) is 5.34. The van der Waals surface area contributed by atoms with Gasteiger partial charge in [0.1, 0.15) is 10.7 Å². The highest BCUT2D eigenvalue weighted by atomic mass is 32.2. The standard InChI is InChI=1S/C22H17F2N3O2S3/c23-22(24)32-16-9-5-4-8-15(16)25-18(28)12-30-11-17-26-20(29)19-14(10-31-21(19)27-17)13-6-2-1-3-7-13/h1-10,22H,11-12H2,(H,25,28)(H,26,27,29). The lowest BCUT2D eigenvalue weighted by molar-refractivity contribution is -0.113. The van der Waals surface area contributed by atoms with E-state index in [0.717, 1.165) is 11.1 Å². The van der Waals surface area contributed by atoms with Crippen LogP contribution >= 0.6 is 34.9 Å². The Morgan fingerprint density at radius 2 is 1.88 bits per heavy atom. The van der Waals surface area contributed by atoms with Crippen LogP contribution in [-0.2, 0) is 10.5 Å². The number of para-hydroxylation sites is 1. The zero-order chi connectivity index (χ0) is 22.5. The van der Waals surface area contributed by atoms with E-state index in [9.17, 15) is 18.4 Å².